The average molecular weight is 515 g/mol. The molecule has 1 heterocycles. The highest BCUT2D eigenvalue weighted by molar-refractivity contribution is 14.0. The maximum absolute atomic E-state index is 11.8. The second kappa shape index (κ2) is 13.7. The monoisotopic (exact) mass is 515 g/mol. The molecule has 160 valence electrons. The van der Waals surface area contributed by atoms with Crippen LogP contribution in [0.5, 0.6) is 5.75 Å². The van der Waals surface area contributed by atoms with Gasteiger partial charge in [0.05, 0.1) is 13.3 Å². The van der Waals surface area contributed by atoms with E-state index in [1.165, 1.54) is 10.5 Å². The molecule has 10 heteroatoms. The number of methoxy groups -OCH3 is 1. The Balaban J connectivity index is 0.00000420. The Morgan fingerprint density at radius 3 is 2.55 bits per heavy atom. The van der Waals surface area contributed by atoms with Gasteiger partial charge in [-0.05, 0) is 30.5 Å². The number of halogens is 1. The summed E-state index contributed by atoms with van der Waals surface area (Å²) in [4.78, 5) is 17.7. The molecule has 0 fully saturated rings. The Labute approximate surface area is 188 Å². The standard InChI is InChI=1S/C19H29N7O2.HI/c1-25(2)18(27)15-22-19(20-10-4-13-26-14-12-23-24-26)21-11-9-16-5-7-17(28-3)8-6-16;/h5-8,12,14H,4,9-11,13,15H2,1-3H3,(H2,20,21,22);1H. The van der Waals surface area contributed by atoms with E-state index < -0.39 is 0 Å². The third-order valence-electron chi connectivity index (χ3n) is 4.06. The number of benzene rings is 1. The number of hydrogen-bond acceptors (Lipinski definition) is 5. The van der Waals surface area contributed by atoms with E-state index in [1.54, 1.807) is 32.1 Å². The number of ether oxygens (including phenoxy) is 1. The van der Waals surface area contributed by atoms with Crippen molar-refractivity contribution in [2.24, 2.45) is 4.99 Å². The number of nitrogens with zero attached hydrogens (tertiary/aromatic N) is 5. The molecule has 0 unspecified atom stereocenters. The molecule has 0 saturated heterocycles. The van der Waals surface area contributed by atoms with E-state index in [2.05, 4.69) is 25.9 Å². The molecule has 9 nitrogen and oxygen atoms in total. The van der Waals surface area contributed by atoms with Crippen LogP contribution in [-0.2, 0) is 17.8 Å². The maximum atomic E-state index is 11.8. The van der Waals surface area contributed by atoms with Crippen LogP contribution < -0.4 is 15.4 Å². The summed E-state index contributed by atoms with van der Waals surface area (Å²) in [6.07, 6.45) is 5.20. The highest BCUT2D eigenvalue weighted by Crippen LogP contribution is 2.11. The minimum absolute atomic E-state index is 0. The molecular formula is C19H30IN7O2. The Morgan fingerprint density at radius 1 is 1.21 bits per heavy atom. The largest absolute Gasteiger partial charge is 0.497 e. The number of amides is 1. The second-order valence-corrected chi connectivity index (χ2v) is 6.42. The Kier molecular flexibility index (Phi) is 11.7. The van der Waals surface area contributed by atoms with Crippen molar-refractivity contribution in [1.29, 1.82) is 0 Å². The van der Waals surface area contributed by atoms with Crippen molar-refractivity contribution in [2.75, 3.05) is 40.8 Å². The average Bonchev–Trinajstić information content (AvgIpc) is 3.22. The van der Waals surface area contributed by atoms with Crippen LogP contribution >= 0.6 is 24.0 Å². The molecule has 2 aromatic rings. The summed E-state index contributed by atoms with van der Waals surface area (Å²) in [5, 5.41) is 14.3. The van der Waals surface area contributed by atoms with Crippen LogP contribution in [0.2, 0.25) is 0 Å². The first-order valence-electron chi connectivity index (χ1n) is 9.28. The van der Waals surface area contributed by atoms with Crippen LogP contribution in [0.3, 0.4) is 0 Å². The summed E-state index contributed by atoms with van der Waals surface area (Å²) in [7, 11) is 5.10. The van der Waals surface area contributed by atoms with Crippen molar-refractivity contribution in [3.8, 4) is 5.75 Å². The fraction of sp³-hybridized carbons (Fsp3) is 0.474. The van der Waals surface area contributed by atoms with Crippen LogP contribution in [0.1, 0.15) is 12.0 Å². The predicted octanol–water partition coefficient (Wildman–Crippen LogP) is 1.16. The van der Waals surface area contributed by atoms with Gasteiger partial charge < -0.3 is 20.3 Å². The van der Waals surface area contributed by atoms with Gasteiger partial charge in [0.15, 0.2) is 5.96 Å². The lowest BCUT2D eigenvalue weighted by atomic mass is 10.1. The summed E-state index contributed by atoms with van der Waals surface area (Å²) >= 11 is 0. The molecule has 0 spiro atoms. The van der Waals surface area contributed by atoms with Gasteiger partial charge in [0.2, 0.25) is 5.91 Å². The molecule has 1 amide bonds. The number of nitrogens with one attached hydrogen (secondary N) is 2. The molecule has 0 aliphatic rings. The van der Waals surface area contributed by atoms with E-state index >= 15 is 0 Å². The van der Waals surface area contributed by atoms with Crippen LogP contribution in [0, 0.1) is 0 Å². The molecular weight excluding hydrogens is 485 g/mol. The van der Waals surface area contributed by atoms with Gasteiger partial charge in [-0.1, -0.05) is 17.3 Å². The number of carbonyl (C=O) groups is 1. The van der Waals surface area contributed by atoms with Gasteiger partial charge in [0.1, 0.15) is 12.3 Å². The second-order valence-electron chi connectivity index (χ2n) is 6.42. The lowest BCUT2D eigenvalue weighted by Gasteiger charge is -2.14. The predicted molar refractivity (Wildman–Crippen MR) is 124 cm³/mol. The number of guanidine groups is 1. The minimum atomic E-state index is -0.0427. The third-order valence-corrected chi connectivity index (χ3v) is 4.06. The highest BCUT2D eigenvalue weighted by Gasteiger charge is 2.05. The van der Waals surface area contributed by atoms with E-state index in [0.717, 1.165) is 25.1 Å². The van der Waals surface area contributed by atoms with Gasteiger partial charge in [0.25, 0.3) is 0 Å². The maximum Gasteiger partial charge on any atom is 0.243 e. The zero-order chi connectivity index (χ0) is 20.2. The van der Waals surface area contributed by atoms with Crippen molar-refractivity contribution in [2.45, 2.75) is 19.4 Å². The molecule has 2 N–H and O–H groups in total. The zero-order valence-corrected chi connectivity index (χ0v) is 19.5. The highest BCUT2D eigenvalue weighted by atomic mass is 127. The van der Waals surface area contributed by atoms with E-state index in [0.29, 0.717) is 19.0 Å². The van der Waals surface area contributed by atoms with Gasteiger partial charge in [0, 0.05) is 39.9 Å². The van der Waals surface area contributed by atoms with Gasteiger partial charge in [-0.25, -0.2) is 4.99 Å². The molecule has 29 heavy (non-hydrogen) atoms. The topological polar surface area (TPSA) is 96.7 Å². The first-order chi connectivity index (χ1) is 13.6. The van der Waals surface area contributed by atoms with Gasteiger partial charge >= 0.3 is 0 Å². The fourth-order valence-corrected chi connectivity index (χ4v) is 2.38. The number of hydrogen-bond donors (Lipinski definition) is 2. The normalized spacial score (nSPS) is 10.8. The molecule has 0 aliphatic heterocycles. The summed E-state index contributed by atoms with van der Waals surface area (Å²) in [5.74, 6) is 1.43. The Morgan fingerprint density at radius 2 is 1.93 bits per heavy atom. The summed E-state index contributed by atoms with van der Waals surface area (Å²) < 4.78 is 6.96. The number of likely N-dealkylation sites (N-methyl/N-ethyl adjacent to an activating group) is 1. The number of rotatable bonds is 10. The van der Waals surface area contributed by atoms with Crippen molar-refractivity contribution >= 4 is 35.8 Å². The molecule has 1 aromatic heterocycles. The summed E-state index contributed by atoms with van der Waals surface area (Å²) in [6.45, 7) is 2.29. The minimum Gasteiger partial charge on any atom is -0.497 e. The quantitative estimate of drug-likeness (QED) is 0.214. The lowest BCUT2D eigenvalue weighted by molar-refractivity contribution is -0.127. The van der Waals surface area contributed by atoms with E-state index in [9.17, 15) is 4.79 Å². The van der Waals surface area contributed by atoms with Gasteiger partial charge in [-0.3, -0.25) is 9.48 Å². The van der Waals surface area contributed by atoms with Gasteiger partial charge in [-0.15, -0.1) is 29.1 Å². The number of aliphatic imine (C=N–C) groups is 1. The van der Waals surface area contributed by atoms with Crippen molar-refractivity contribution < 1.29 is 9.53 Å². The third kappa shape index (κ3) is 9.59. The van der Waals surface area contributed by atoms with Crippen molar-refractivity contribution in [1.82, 2.24) is 30.5 Å². The van der Waals surface area contributed by atoms with E-state index in [-0.39, 0.29) is 36.4 Å². The Bertz CT molecular complexity index is 734. The molecule has 0 radical (unpaired) electrons. The van der Waals surface area contributed by atoms with Crippen molar-refractivity contribution in [3.05, 3.63) is 42.2 Å². The first kappa shape index (κ1) is 24.7. The molecule has 1 aromatic carbocycles. The fourth-order valence-electron chi connectivity index (χ4n) is 2.38. The van der Waals surface area contributed by atoms with Crippen LogP contribution in [0.25, 0.3) is 0 Å². The van der Waals surface area contributed by atoms with Crippen LogP contribution in [0.4, 0.5) is 0 Å². The lowest BCUT2D eigenvalue weighted by Crippen LogP contribution is -2.40. The number of aryl methyl sites for hydroxylation is 1. The SMILES string of the molecule is COc1ccc(CCNC(=NCC(=O)N(C)C)NCCCn2ccnn2)cc1.I. The zero-order valence-electron chi connectivity index (χ0n) is 17.2. The summed E-state index contributed by atoms with van der Waals surface area (Å²) in [5.41, 5.74) is 1.20. The molecule has 2 rings (SSSR count). The van der Waals surface area contributed by atoms with Gasteiger partial charge in [-0.2, -0.15) is 0 Å². The molecule has 0 aliphatic carbocycles. The molecule has 0 saturated carbocycles. The number of carbonyl (C=O) groups excluding carboxylic acids is 1. The van der Waals surface area contributed by atoms with Crippen molar-refractivity contribution in [3.63, 3.8) is 0 Å². The molecule has 0 atom stereocenters. The Hall–Kier alpha value is -2.37. The summed E-state index contributed by atoms with van der Waals surface area (Å²) in [6, 6.07) is 7.97. The van der Waals surface area contributed by atoms with E-state index in [4.69, 9.17) is 4.74 Å². The van der Waals surface area contributed by atoms with Crippen LogP contribution in [-0.4, -0.2) is 72.6 Å². The smallest absolute Gasteiger partial charge is 0.243 e. The first-order valence-corrected chi connectivity index (χ1v) is 9.28. The molecule has 0 bridgehead atoms. The van der Waals surface area contributed by atoms with E-state index in [1.807, 2.05) is 30.5 Å². The van der Waals surface area contributed by atoms with Crippen LogP contribution in [0.15, 0.2) is 41.7 Å². The number of aromatic nitrogens is 3.